The number of aldehydes is 1. The predicted octanol–water partition coefficient (Wildman–Crippen LogP) is 1.60. The van der Waals surface area contributed by atoms with Gasteiger partial charge in [-0.05, 0) is 18.2 Å². The van der Waals surface area contributed by atoms with Gasteiger partial charge in [0, 0.05) is 42.9 Å². The summed E-state index contributed by atoms with van der Waals surface area (Å²) in [6, 6.07) is 7.16. The van der Waals surface area contributed by atoms with Gasteiger partial charge in [0.2, 0.25) is 0 Å². The van der Waals surface area contributed by atoms with Crippen LogP contribution in [0.5, 0.6) is 0 Å². The Morgan fingerprint density at radius 3 is 2.48 bits per heavy atom. The summed E-state index contributed by atoms with van der Waals surface area (Å²) >= 11 is 0. The van der Waals surface area contributed by atoms with E-state index in [0.717, 1.165) is 0 Å². The number of anilines is 1. The van der Waals surface area contributed by atoms with Crippen LogP contribution in [0, 0.1) is 5.41 Å². The van der Waals surface area contributed by atoms with Crippen molar-refractivity contribution in [1.82, 2.24) is 5.32 Å². The van der Waals surface area contributed by atoms with Crippen LogP contribution in [-0.4, -0.2) is 32.8 Å². The van der Waals surface area contributed by atoms with Gasteiger partial charge in [0.15, 0.2) is 6.29 Å². The average Bonchev–Trinajstić information content (AvgIpc) is 2.51. The van der Waals surface area contributed by atoms with Crippen molar-refractivity contribution in [2.24, 2.45) is 5.73 Å². The molecule has 0 saturated heterocycles. The van der Waals surface area contributed by atoms with Gasteiger partial charge < -0.3 is 26.9 Å². The summed E-state index contributed by atoms with van der Waals surface area (Å²) < 4.78 is 4.25. The molecule has 1 rings (SSSR count). The highest BCUT2D eigenvalue weighted by Gasteiger charge is 2.03. The third kappa shape index (κ3) is 8.90. The molecule has 0 aliphatic carbocycles. The van der Waals surface area contributed by atoms with Gasteiger partial charge in [-0.15, -0.1) is 0 Å². The lowest BCUT2D eigenvalue weighted by Crippen LogP contribution is -2.19. The molecular weight excluding hydrogens is 292 g/mol. The second kappa shape index (κ2) is 11.8. The van der Waals surface area contributed by atoms with Crippen LogP contribution in [0.4, 0.5) is 5.69 Å². The maximum absolute atomic E-state index is 10.8. The van der Waals surface area contributed by atoms with Crippen molar-refractivity contribution in [2.75, 3.05) is 26.5 Å². The van der Waals surface area contributed by atoms with Crippen LogP contribution in [-0.2, 0) is 9.53 Å². The van der Waals surface area contributed by atoms with Crippen molar-refractivity contribution in [3.05, 3.63) is 66.0 Å². The van der Waals surface area contributed by atoms with Gasteiger partial charge in [0.1, 0.15) is 0 Å². The predicted molar refractivity (Wildman–Crippen MR) is 95.2 cm³/mol. The molecule has 23 heavy (non-hydrogen) atoms. The number of carbonyl (C=O) groups excluding carboxylic acids is 1. The molecule has 0 saturated carbocycles. The number of para-hydroxylation sites is 1. The Morgan fingerprint density at radius 1 is 1.35 bits per heavy atom. The van der Waals surface area contributed by atoms with E-state index in [9.17, 15) is 4.79 Å². The van der Waals surface area contributed by atoms with Crippen LogP contribution in [0.1, 0.15) is 5.56 Å². The summed E-state index contributed by atoms with van der Waals surface area (Å²) in [5.74, 6) is 0. The number of nitrogen functional groups attached to an aromatic ring is 1. The first-order valence-corrected chi connectivity index (χ1v) is 6.79. The minimum absolute atomic E-state index is 0.267. The Hall–Kier alpha value is -2.86. The van der Waals surface area contributed by atoms with Gasteiger partial charge in [0.25, 0.3) is 0 Å². The molecule has 0 heterocycles. The van der Waals surface area contributed by atoms with Gasteiger partial charge >= 0.3 is 0 Å². The van der Waals surface area contributed by atoms with E-state index in [-0.39, 0.29) is 6.54 Å². The molecule has 124 valence electrons. The van der Waals surface area contributed by atoms with E-state index < -0.39 is 0 Å². The maximum atomic E-state index is 10.8. The van der Waals surface area contributed by atoms with Gasteiger partial charge in [-0.2, -0.15) is 0 Å². The molecule has 0 spiro atoms. The molecule has 1 aromatic rings. The Balaban J connectivity index is 0.00000149. The largest absolute Gasteiger partial charge is 0.399 e. The lowest BCUT2D eigenvalue weighted by atomic mass is 10.1. The molecule has 1 aromatic carbocycles. The van der Waals surface area contributed by atoms with E-state index >= 15 is 0 Å². The number of hydrogen-bond donors (Lipinski definition) is 4. The van der Waals surface area contributed by atoms with E-state index in [0.29, 0.717) is 34.5 Å². The molecule has 6 nitrogen and oxygen atoms in total. The molecule has 0 radical (unpaired) electrons. The molecule has 0 aliphatic heterocycles. The van der Waals surface area contributed by atoms with E-state index in [1.165, 1.54) is 12.3 Å². The Bertz CT molecular complexity index is 592. The van der Waals surface area contributed by atoms with E-state index in [1.807, 2.05) is 12.1 Å². The summed E-state index contributed by atoms with van der Waals surface area (Å²) in [5.41, 5.74) is 13.5. The number of benzene rings is 1. The first-order valence-electron chi connectivity index (χ1n) is 6.79. The summed E-state index contributed by atoms with van der Waals surface area (Å²) in [7, 11) is 3.25. The number of rotatable bonds is 7. The second-order valence-electron chi connectivity index (χ2n) is 4.53. The molecule has 0 aromatic heterocycles. The highest BCUT2D eigenvalue weighted by molar-refractivity contribution is 6.03. The SMILES string of the molecule is C=C(N)/C=C\C(C=O)=C/NCC(=N)c1ccccc1N.COC. The van der Waals surface area contributed by atoms with Gasteiger partial charge in [-0.3, -0.25) is 4.79 Å². The van der Waals surface area contributed by atoms with Crippen LogP contribution >= 0.6 is 0 Å². The number of ether oxygens (including phenoxy) is 1. The summed E-state index contributed by atoms with van der Waals surface area (Å²) in [4.78, 5) is 10.8. The van der Waals surface area contributed by atoms with Crippen molar-refractivity contribution < 1.29 is 9.53 Å². The molecule has 0 fully saturated rings. The number of methoxy groups -OCH3 is 1. The van der Waals surface area contributed by atoms with Crippen molar-refractivity contribution in [1.29, 1.82) is 5.41 Å². The molecule has 6 heteroatoms. The molecule has 6 N–H and O–H groups in total. The van der Waals surface area contributed by atoms with Gasteiger partial charge in [-0.1, -0.05) is 24.8 Å². The zero-order valence-electron chi connectivity index (χ0n) is 13.5. The fraction of sp³-hybridized carbons (Fsp3) is 0.176. The number of nitrogens with one attached hydrogen (secondary N) is 2. The first kappa shape index (κ1) is 20.1. The van der Waals surface area contributed by atoms with E-state index in [1.54, 1.807) is 32.4 Å². The molecule has 0 amide bonds. The van der Waals surface area contributed by atoms with E-state index in [4.69, 9.17) is 16.9 Å². The van der Waals surface area contributed by atoms with Crippen molar-refractivity contribution in [3.8, 4) is 0 Å². The van der Waals surface area contributed by atoms with Crippen LogP contribution in [0.2, 0.25) is 0 Å². The normalized spacial score (nSPS) is 10.6. The smallest absolute Gasteiger partial charge is 0.151 e. The Labute approximate surface area is 137 Å². The third-order valence-electron chi connectivity index (χ3n) is 2.46. The van der Waals surface area contributed by atoms with Crippen molar-refractivity contribution in [3.63, 3.8) is 0 Å². The van der Waals surface area contributed by atoms with Crippen molar-refractivity contribution in [2.45, 2.75) is 0 Å². The topological polar surface area (TPSA) is 114 Å². The highest BCUT2D eigenvalue weighted by atomic mass is 16.4. The molecule has 0 unspecified atom stereocenters. The van der Waals surface area contributed by atoms with Crippen LogP contribution < -0.4 is 16.8 Å². The average molecular weight is 316 g/mol. The van der Waals surface area contributed by atoms with Crippen LogP contribution in [0.3, 0.4) is 0 Å². The first-order chi connectivity index (χ1) is 11.0. The summed E-state index contributed by atoms with van der Waals surface area (Å²) in [6.45, 7) is 3.77. The van der Waals surface area contributed by atoms with Crippen molar-refractivity contribution >= 4 is 17.7 Å². The minimum Gasteiger partial charge on any atom is -0.399 e. The fourth-order valence-electron chi connectivity index (χ4n) is 1.46. The Kier molecular flexibility index (Phi) is 10.3. The number of allylic oxidation sites excluding steroid dienone is 3. The Morgan fingerprint density at radius 2 is 1.96 bits per heavy atom. The number of carbonyl (C=O) groups is 1. The maximum Gasteiger partial charge on any atom is 0.151 e. The highest BCUT2D eigenvalue weighted by Crippen LogP contribution is 2.10. The molecule has 0 aliphatic rings. The fourth-order valence-corrected chi connectivity index (χ4v) is 1.46. The van der Waals surface area contributed by atoms with Crippen LogP contribution in [0.15, 0.2) is 60.5 Å². The van der Waals surface area contributed by atoms with Crippen LogP contribution in [0.25, 0.3) is 0 Å². The lowest BCUT2D eigenvalue weighted by Gasteiger charge is -2.07. The monoisotopic (exact) mass is 316 g/mol. The molecule has 0 bridgehead atoms. The minimum atomic E-state index is 0.267. The number of hydrogen-bond acceptors (Lipinski definition) is 6. The van der Waals surface area contributed by atoms with Gasteiger partial charge in [0.05, 0.1) is 12.3 Å². The molecular formula is C17H24N4O2. The van der Waals surface area contributed by atoms with Gasteiger partial charge in [-0.25, -0.2) is 0 Å². The quantitative estimate of drug-likeness (QED) is 0.200. The number of nitrogens with two attached hydrogens (primary N) is 2. The zero-order valence-corrected chi connectivity index (χ0v) is 13.5. The lowest BCUT2D eigenvalue weighted by molar-refractivity contribution is -0.104. The third-order valence-corrected chi connectivity index (χ3v) is 2.46. The molecule has 0 atom stereocenters. The van der Waals surface area contributed by atoms with E-state index in [2.05, 4.69) is 16.6 Å². The second-order valence-corrected chi connectivity index (χ2v) is 4.53. The zero-order chi connectivity index (χ0) is 17.7. The summed E-state index contributed by atoms with van der Waals surface area (Å²) in [6.07, 6.45) is 5.28. The standard InChI is InChI=1S/C15H18N4O.C2H6O/c1-11(16)6-7-12(10-20)8-19-9-15(18)13-4-2-3-5-14(13)17;1-3-2/h2-8,10,18-19H,1,9,16-17H2;1-2H3/b7-6-,12-8+,18-15?;. The summed E-state index contributed by atoms with van der Waals surface area (Å²) in [5, 5.41) is 10.8.